The van der Waals surface area contributed by atoms with Crippen molar-refractivity contribution in [2.75, 3.05) is 6.54 Å². The molecule has 1 amide bonds. The molecule has 2 N–H and O–H groups in total. The first-order valence-corrected chi connectivity index (χ1v) is 12.0. The largest absolute Gasteiger partial charge is 0.481 e. The number of likely N-dealkylation sites (tertiary alicyclic amines) is 1. The molecule has 0 bridgehead atoms. The van der Waals surface area contributed by atoms with E-state index in [1.165, 1.54) is 0 Å². The molecule has 178 valence electrons. The number of hydrogen-bond donors (Lipinski definition) is 2. The Bertz CT molecular complexity index is 1030. The molecule has 0 spiro atoms. The normalized spacial score (nSPS) is 16.4. The number of unbranched alkanes of at least 4 members (excludes halogenated alkanes) is 3. The van der Waals surface area contributed by atoms with Crippen molar-refractivity contribution in [3.8, 4) is 11.8 Å². The lowest BCUT2D eigenvalue weighted by Gasteiger charge is -2.22. The van der Waals surface area contributed by atoms with E-state index in [1.807, 2.05) is 65.6 Å². The van der Waals surface area contributed by atoms with Gasteiger partial charge in [0, 0.05) is 36.9 Å². The maximum absolute atomic E-state index is 12.3. The summed E-state index contributed by atoms with van der Waals surface area (Å²) in [7, 11) is 0. The third-order valence-corrected chi connectivity index (χ3v) is 5.97. The predicted molar refractivity (Wildman–Crippen MR) is 133 cm³/mol. The van der Waals surface area contributed by atoms with Crippen LogP contribution in [0.2, 0.25) is 0 Å². The van der Waals surface area contributed by atoms with Crippen LogP contribution in [0.5, 0.6) is 0 Å². The zero-order chi connectivity index (χ0) is 24.2. The monoisotopic (exact) mass is 459 g/mol. The fourth-order valence-electron chi connectivity index (χ4n) is 4.17. The summed E-state index contributed by atoms with van der Waals surface area (Å²) >= 11 is 0. The number of carboxylic acid groups (broad SMARTS) is 1. The van der Waals surface area contributed by atoms with Crippen molar-refractivity contribution in [2.24, 2.45) is 0 Å². The average Bonchev–Trinajstić information content (AvgIpc) is 3.18. The Kier molecular flexibility index (Phi) is 9.94. The van der Waals surface area contributed by atoms with Crippen LogP contribution >= 0.6 is 0 Å². The topological polar surface area (TPSA) is 77.8 Å². The van der Waals surface area contributed by atoms with Gasteiger partial charge in [0.1, 0.15) is 0 Å². The van der Waals surface area contributed by atoms with Gasteiger partial charge in [-0.2, -0.15) is 0 Å². The molecule has 0 aromatic heterocycles. The van der Waals surface area contributed by atoms with Crippen molar-refractivity contribution in [2.45, 2.75) is 63.5 Å². The summed E-state index contributed by atoms with van der Waals surface area (Å²) in [6.07, 6.45) is 8.44. The zero-order valence-electron chi connectivity index (χ0n) is 19.5. The van der Waals surface area contributed by atoms with Gasteiger partial charge in [0.2, 0.25) is 5.91 Å². The fraction of sp³-hybridized carbons (Fsp3) is 0.379. The van der Waals surface area contributed by atoms with E-state index in [-0.39, 0.29) is 18.4 Å². The van der Waals surface area contributed by atoms with Gasteiger partial charge in [0.05, 0.1) is 12.1 Å². The molecule has 0 saturated carbocycles. The Morgan fingerprint density at radius 1 is 1.03 bits per heavy atom. The number of aliphatic hydroxyl groups excluding tert-OH is 1. The highest BCUT2D eigenvalue weighted by Crippen LogP contribution is 2.21. The number of aliphatic hydroxyl groups is 1. The Morgan fingerprint density at radius 2 is 1.76 bits per heavy atom. The molecule has 3 rings (SSSR count). The van der Waals surface area contributed by atoms with Gasteiger partial charge in [-0.3, -0.25) is 9.59 Å². The van der Waals surface area contributed by atoms with E-state index >= 15 is 0 Å². The zero-order valence-corrected chi connectivity index (χ0v) is 19.5. The van der Waals surface area contributed by atoms with Crippen LogP contribution in [0, 0.1) is 11.8 Å². The van der Waals surface area contributed by atoms with Crippen LogP contribution in [0.4, 0.5) is 0 Å². The van der Waals surface area contributed by atoms with E-state index < -0.39 is 12.1 Å². The summed E-state index contributed by atoms with van der Waals surface area (Å²) in [6, 6.07) is 17.8. The van der Waals surface area contributed by atoms with E-state index in [2.05, 4.69) is 11.8 Å². The molecule has 1 heterocycles. The number of hydrogen-bond acceptors (Lipinski definition) is 3. The number of nitrogens with zero attached hydrogens (tertiary/aromatic N) is 1. The first-order valence-electron chi connectivity index (χ1n) is 12.0. The summed E-state index contributed by atoms with van der Waals surface area (Å²) in [5, 5.41) is 19.3. The van der Waals surface area contributed by atoms with Gasteiger partial charge in [-0.05, 0) is 49.1 Å². The summed E-state index contributed by atoms with van der Waals surface area (Å²) in [5.41, 5.74) is 2.89. The average molecular weight is 460 g/mol. The molecule has 2 atom stereocenters. The van der Waals surface area contributed by atoms with Crippen LogP contribution in [0.3, 0.4) is 0 Å². The minimum absolute atomic E-state index is 0.0178. The van der Waals surface area contributed by atoms with E-state index in [9.17, 15) is 14.7 Å². The van der Waals surface area contributed by atoms with Crippen molar-refractivity contribution in [3.63, 3.8) is 0 Å². The number of carboxylic acids is 1. The lowest BCUT2D eigenvalue weighted by Crippen LogP contribution is -2.32. The van der Waals surface area contributed by atoms with Crippen LogP contribution in [0.25, 0.3) is 0 Å². The van der Waals surface area contributed by atoms with Gasteiger partial charge in [0.15, 0.2) is 0 Å². The van der Waals surface area contributed by atoms with Gasteiger partial charge in [-0.25, -0.2) is 0 Å². The second kappa shape index (κ2) is 13.4. The maximum atomic E-state index is 12.3. The Balaban J connectivity index is 1.49. The highest BCUT2D eigenvalue weighted by atomic mass is 16.4. The van der Waals surface area contributed by atoms with E-state index in [0.717, 1.165) is 42.4 Å². The van der Waals surface area contributed by atoms with Crippen LogP contribution in [0.1, 0.15) is 61.6 Å². The third kappa shape index (κ3) is 8.53. The second-order valence-electron chi connectivity index (χ2n) is 8.72. The minimum Gasteiger partial charge on any atom is -0.481 e. The maximum Gasteiger partial charge on any atom is 0.303 e. The minimum atomic E-state index is -0.759. The Labute approximate surface area is 202 Å². The summed E-state index contributed by atoms with van der Waals surface area (Å²) in [6.45, 7) is 0.680. The molecule has 5 heteroatoms. The molecule has 0 radical (unpaired) electrons. The van der Waals surface area contributed by atoms with Crippen LogP contribution in [-0.2, 0) is 16.0 Å². The molecule has 2 aromatic carbocycles. The summed E-state index contributed by atoms with van der Waals surface area (Å²) in [4.78, 5) is 24.7. The SMILES string of the molecule is O=C(O)CCCCCCN1C(=O)CC[C@@H]1C=C[C@@H](O)Cc1cccc(C#Cc2ccccc2)c1. The number of benzene rings is 2. The highest BCUT2D eigenvalue weighted by molar-refractivity contribution is 5.79. The van der Waals surface area contributed by atoms with Crippen molar-refractivity contribution in [1.29, 1.82) is 0 Å². The smallest absolute Gasteiger partial charge is 0.303 e. The third-order valence-electron chi connectivity index (χ3n) is 5.97. The lowest BCUT2D eigenvalue weighted by atomic mass is 10.0. The second-order valence-corrected chi connectivity index (χ2v) is 8.72. The summed E-state index contributed by atoms with van der Waals surface area (Å²) in [5.74, 6) is 5.73. The van der Waals surface area contributed by atoms with Crippen LogP contribution in [0.15, 0.2) is 66.7 Å². The number of carbonyl (C=O) groups excluding carboxylic acids is 1. The number of amides is 1. The quantitative estimate of drug-likeness (QED) is 0.293. The fourth-order valence-corrected chi connectivity index (χ4v) is 4.17. The highest BCUT2D eigenvalue weighted by Gasteiger charge is 2.28. The molecule has 5 nitrogen and oxygen atoms in total. The molecule has 1 aliphatic rings. The Morgan fingerprint density at radius 3 is 2.56 bits per heavy atom. The van der Waals surface area contributed by atoms with Crippen molar-refractivity contribution in [1.82, 2.24) is 4.90 Å². The molecular formula is C29H33NO4. The lowest BCUT2D eigenvalue weighted by molar-refractivity contribution is -0.137. The van der Waals surface area contributed by atoms with E-state index in [1.54, 1.807) is 6.08 Å². The first-order chi connectivity index (χ1) is 16.5. The standard InChI is InChI=1S/C29H33NO4/c31-27(22-25-12-8-11-24(21-25)15-14-23-9-4-3-5-10-23)18-16-26-17-19-28(32)30(26)20-7-2-1-6-13-29(33)34/h3-5,8-12,16,18,21,26-27,31H,1-2,6-7,13,17,19-20,22H2,(H,33,34)/t26-,27+/m0/s1. The van der Waals surface area contributed by atoms with Gasteiger partial charge in [0.25, 0.3) is 0 Å². The molecule has 1 fully saturated rings. The van der Waals surface area contributed by atoms with Crippen molar-refractivity contribution < 1.29 is 19.8 Å². The van der Waals surface area contributed by atoms with E-state index in [0.29, 0.717) is 25.8 Å². The van der Waals surface area contributed by atoms with Gasteiger partial charge in [-0.15, -0.1) is 0 Å². The van der Waals surface area contributed by atoms with Crippen LogP contribution in [-0.4, -0.2) is 45.7 Å². The molecule has 2 aromatic rings. The molecule has 0 aliphatic carbocycles. The Hall–Kier alpha value is -3.36. The molecule has 34 heavy (non-hydrogen) atoms. The molecule has 1 saturated heterocycles. The predicted octanol–water partition coefficient (Wildman–Crippen LogP) is 4.57. The van der Waals surface area contributed by atoms with Crippen molar-refractivity contribution >= 4 is 11.9 Å². The number of aliphatic carboxylic acids is 1. The van der Waals surface area contributed by atoms with Crippen molar-refractivity contribution in [3.05, 3.63) is 83.4 Å². The van der Waals surface area contributed by atoms with Gasteiger partial charge >= 0.3 is 5.97 Å². The molecule has 1 aliphatic heterocycles. The number of carbonyl (C=O) groups is 2. The van der Waals surface area contributed by atoms with Crippen LogP contribution < -0.4 is 0 Å². The first kappa shape index (κ1) is 25.3. The van der Waals surface area contributed by atoms with Gasteiger partial charge < -0.3 is 15.1 Å². The van der Waals surface area contributed by atoms with Gasteiger partial charge in [-0.1, -0.05) is 67.2 Å². The summed E-state index contributed by atoms with van der Waals surface area (Å²) < 4.78 is 0. The number of rotatable bonds is 11. The molecular weight excluding hydrogens is 426 g/mol. The van der Waals surface area contributed by atoms with E-state index in [4.69, 9.17) is 5.11 Å². The molecule has 0 unspecified atom stereocenters.